The minimum Gasteiger partial charge on any atom is -0.481 e. The molecule has 0 atom stereocenters. The second-order valence-electron chi connectivity index (χ2n) is 5.91. The Kier molecular flexibility index (Phi) is 7.30. The zero-order chi connectivity index (χ0) is 18.1. The Hall–Kier alpha value is -2.52. The molecule has 0 unspecified atom stereocenters. The molecular formula is C19H25N3O3. The molecule has 0 spiro atoms. The maximum absolute atomic E-state index is 12.2. The second kappa shape index (κ2) is 9.70. The van der Waals surface area contributed by atoms with Crippen LogP contribution in [0.3, 0.4) is 0 Å². The Bertz CT molecular complexity index is 631. The molecule has 0 aliphatic carbocycles. The zero-order valence-electron chi connectivity index (χ0n) is 14.7. The smallest absolute Gasteiger partial charge is 0.223 e. The van der Waals surface area contributed by atoms with E-state index in [2.05, 4.69) is 11.2 Å². The molecule has 1 heterocycles. The Morgan fingerprint density at radius 1 is 1.20 bits per heavy atom. The average Bonchev–Trinajstić information content (AvgIpc) is 2.64. The Labute approximate surface area is 149 Å². The number of piperazine rings is 1. The lowest BCUT2D eigenvalue weighted by molar-refractivity contribution is -0.138. The van der Waals surface area contributed by atoms with Crippen molar-refractivity contribution in [1.29, 1.82) is 0 Å². The van der Waals surface area contributed by atoms with E-state index in [4.69, 9.17) is 11.2 Å². The van der Waals surface area contributed by atoms with Gasteiger partial charge >= 0.3 is 0 Å². The van der Waals surface area contributed by atoms with Gasteiger partial charge < -0.3 is 19.9 Å². The highest BCUT2D eigenvalue weighted by molar-refractivity contribution is 5.77. The van der Waals surface area contributed by atoms with Crippen LogP contribution in [0.2, 0.25) is 0 Å². The summed E-state index contributed by atoms with van der Waals surface area (Å²) in [6.45, 7) is 5.47. The molecule has 0 aromatic heterocycles. The number of carbonyl (C=O) groups is 2. The Morgan fingerprint density at radius 2 is 1.88 bits per heavy atom. The van der Waals surface area contributed by atoms with Crippen LogP contribution in [0.15, 0.2) is 24.3 Å². The largest absolute Gasteiger partial charge is 0.481 e. The summed E-state index contributed by atoms with van der Waals surface area (Å²) in [5.74, 6) is 3.41. The van der Waals surface area contributed by atoms with Gasteiger partial charge in [0.15, 0.2) is 0 Å². The Morgan fingerprint density at radius 3 is 2.56 bits per heavy atom. The van der Waals surface area contributed by atoms with Gasteiger partial charge in [-0.15, -0.1) is 6.42 Å². The molecule has 1 fully saturated rings. The van der Waals surface area contributed by atoms with Gasteiger partial charge in [-0.05, 0) is 6.07 Å². The zero-order valence-corrected chi connectivity index (χ0v) is 14.7. The molecule has 6 heteroatoms. The van der Waals surface area contributed by atoms with Crippen LogP contribution in [0.1, 0.15) is 18.9 Å². The fourth-order valence-corrected chi connectivity index (χ4v) is 2.76. The standard InChI is InChI=1S/C19H25N3O3/c1-3-14-25-18-7-5-4-6-17(18)15-20-9-8-19(24)22-12-10-21(11-13-22)16(2)23/h1,4-7,20H,8-15H2,2H3. The number of nitrogens with one attached hydrogen (secondary N) is 1. The fourth-order valence-electron chi connectivity index (χ4n) is 2.76. The lowest BCUT2D eigenvalue weighted by Gasteiger charge is -2.34. The first-order valence-corrected chi connectivity index (χ1v) is 8.50. The third kappa shape index (κ3) is 5.80. The minimum atomic E-state index is 0.0690. The molecule has 1 aromatic carbocycles. The van der Waals surface area contributed by atoms with E-state index in [0.717, 1.165) is 11.3 Å². The van der Waals surface area contributed by atoms with Crippen molar-refractivity contribution in [2.75, 3.05) is 39.3 Å². The second-order valence-corrected chi connectivity index (χ2v) is 5.91. The van der Waals surface area contributed by atoms with Gasteiger partial charge in [-0.1, -0.05) is 24.1 Å². The number of ether oxygens (including phenoxy) is 1. The predicted molar refractivity (Wildman–Crippen MR) is 95.9 cm³/mol. The predicted octanol–water partition coefficient (Wildman–Crippen LogP) is 0.869. The number of terminal acetylenes is 1. The fraction of sp³-hybridized carbons (Fsp3) is 0.474. The SMILES string of the molecule is C#CCOc1ccccc1CNCCC(=O)N1CCN(C(C)=O)CC1. The molecule has 1 N–H and O–H groups in total. The van der Waals surface area contributed by atoms with E-state index in [1.54, 1.807) is 11.8 Å². The normalized spacial score (nSPS) is 14.1. The van der Waals surface area contributed by atoms with Crippen LogP contribution in [-0.2, 0) is 16.1 Å². The minimum absolute atomic E-state index is 0.0690. The highest BCUT2D eigenvalue weighted by atomic mass is 16.5. The van der Waals surface area contributed by atoms with Crippen LogP contribution in [0, 0.1) is 12.3 Å². The molecule has 2 amide bonds. The Balaban J connectivity index is 1.70. The van der Waals surface area contributed by atoms with Crippen molar-refractivity contribution >= 4 is 11.8 Å². The van der Waals surface area contributed by atoms with E-state index in [9.17, 15) is 9.59 Å². The molecule has 134 valence electrons. The lowest BCUT2D eigenvalue weighted by Crippen LogP contribution is -2.50. The van der Waals surface area contributed by atoms with E-state index in [1.807, 2.05) is 29.2 Å². The van der Waals surface area contributed by atoms with Crippen LogP contribution in [-0.4, -0.2) is 60.9 Å². The molecule has 0 bridgehead atoms. The summed E-state index contributed by atoms with van der Waals surface area (Å²) in [6.07, 6.45) is 5.66. The van der Waals surface area contributed by atoms with Gasteiger partial charge in [-0.3, -0.25) is 9.59 Å². The van der Waals surface area contributed by atoms with Crippen molar-refractivity contribution in [2.24, 2.45) is 0 Å². The first-order chi connectivity index (χ1) is 12.1. The van der Waals surface area contributed by atoms with Gasteiger partial charge in [0.2, 0.25) is 11.8 Å². The lowest BCUT2D eigenvalue weighted by atomic mass is 10.2. The van der Waals surface area contributed by atoms with Crippen LogP contribution >= 0.6 is 0 Å². The highest BCUT2D eigenvalue weighted by Gasteiger charge is 2.21. The van der Waals surface area contributed by atoms with Crippen molar-refractivity contribution in [3.05, 3.63) is 29.8 Å². The number of carbonyl (C=O) groups excluding carboxylic acids is 2. The highest BCUT2D eigenvalue weighted by Crippen LogP contribution is 2.17. The molecule has 6 nitrogen and oxygen atoms in total. The van der Waals surface area contributed by atoms with Crippen LogP contribution < -0.4 is 10.1 Å². The third-order valence-electron chi connectivity index (χ3n) is 4.19. The molecular weight excluding hydrogens is 318 g/mol. The number of para-hydroxylation sites is 1. The van der Waals surface area contributed by atoms with Crippen molar-refractivity contribution in [3.63, 3.8) is 0 Å². The summed E-state index contributed by atoms with van der Waals surface area (Å²) in [5.41, 5.74) is 1.01. The molecule has 1 saturated heterocycles. The molecule has 1 aliphatic rings. The van der Waals surface area contributed by atoms with E-state index in [0.29, 0.717) is 45.7 Å². The summed E-state index contributed by atoms with van der Waals surface area (Å²) in [5, 5.41) is 3.27. The van der Waals surface area contributed by atoms with Gasteiger partial charge in [0.05, 0.1) is 0 Å². The summed E-state index contributed by atoms with van der Waals surface area (Å²) in [4.78, 5) is 27.1. The molecule has 0 radical (unpaired) electrons. The molecule has 25 heavy (non-hydrogen) atoms. The third-order valence-corrected chi connectivity index (χ3v) is 4.19. The topological polar surface area (TPSA) is 61.9 Å². The van der Waals surface area contributed by atoms with Gasteiger partial charge in [-0.2, -0.15) is 0 Å². The van der Waals surface area contributed by atoms with Gasteiger partial charge in [0.1, 0.15) is 12.4 Å². The maximum Gasteiger partial charge on any atom is 0.223 e. The number of amides is 2. The maximum atomic E-state index is 12.2. The molecule has 1 aliphatic heterocycles. The van der Waals surface area contributed by atoms with Gasteiger partial charge in [0, 0.05) is 58.2 Å². The number of rotatable bonds is 7. The van der Waals surface area contributed by atoms with Crippen molar-refractivity contribution in [2.45, 2.75) is 19.9 Å². The quantitative estimate of drug-likeness (QED) is 0.589. The number of hydrogen-bond donors (Lipinski definition) is 1. The van der Waals surface area contributed by atoms with E-state index >= 15 is 0 Å². The number of hydrogen-bond acceptors (Lipinski definition) is 4. The van der Waals surface area contributed by atoms with Crippen LogP contribution in [0.4, 0.5) is 0 Å². The van der Waals surface area contributed by atoms with Crippen molar-refractivity contribution < 1.29 is 14.3 Å². The van der Waals surface area contributed by atoms with Crippen LogP contribution in [0.5, 0.6) is 5.75 Å². The van der Waals surface area contributed by atoms with Crippen LogP contribution in [0.25, 0.3) is 0 Å². The van der Waals surface area contributed by atoms with Gasteiger partial charge in [-0.25, -0.2) is 0 Å². The average molecular weight is 343 g/mol. The van der Waals surface area contributed by atoms with Crippen molar-refractivity contribution in [1.82, 2.24) is 15.1 Å². The first-order valence-electron chi connectivity index (χ1n) is 8.50. The summed E-state index contributed by atoms with van der Waals surface area (Å²) in [7, 11) is 0. The summed E-state index contributed by atoms with van der Waals surface area (Å²) in [6, 6.07) is 7.70. The number of nitrogens with zero attached hydrogens (tertiary/aromatic N) is 2. The molecule has 2 rings (SSSR count). The van der Waals surface area contributed by atoms with E-state index in [1.165, 1.54) is 0 Å². The summed E-state index contributed by atoms with van der Waals surface area (Å²) >= 11 is 0. The first kappa shape index (κ1) is 18.8. The van der Waals surface area contributed by atoms with Gasteiger partial charge in [0.25, 0.3) is 0 Å². The molecule has 0 saturated carbocycles. The van der Waals surface area contributed by atoms with E-state index in [-0.39, 0.29) is 18.4 Å². The monoisotopic (exact) mass is 343 g/mol. The van der Waals surface area contributed by atoms with Crippen molar-refractivity contribution in [3.8, 4) is 18.1 Å². The number of benzene rings is 1. The van der Waals surface area contributed by atoms with E-state index < -0.39 is 0 Å². The molecule has 1 aromatic rings. The summed E-state index contributed by atoms with van der Waals surface area (Å²) < 4.78 is 5.51.